The van der Waals surface area contributed by atoms with Gasteiger partial charge in [0.25, 0.3) is 0 Å². The topological polar surface area (TPSA) is 3.24 Å². The second kappa shape index (κ2) is 17.1. The third-order valence-corrected chi connectivity index (χ3v) is 11.5. The van der Waals surface area contributed by atoms with E-state index < -0.39 is 0 Å². The first-order valence-electron chi connectivity index (χ1n) is 20.9. The van der Waals surface area contributed by atoms with E-state index in [4.69, 9.17) is 0 Å². The molecule has 0 heterocycles. The van der Waals surface area contributed by atoms with Crippen molar-refractivity contribution >= 4 is 17.1 Å². The van der Waals surface area contributed by atoms with Crippen LogP contribution in [0.25, 0.3) is 77.9 Å². The van der Waals surface area contributed by atoms with Gasteiger partial charge in [0.1, 0.15) is 0 Å². The molecule has 10 rings (SSSR count). The zero-order chi connectivity index (χ0) is 40.8. The maximum Gasteiger partial charge on any atom is 0.0630 e. The van der Waals surface area contributed by atoms with E-state index in [1.165, 1.54) is 50.1 Å². The molecule has 0 aliphatic rings. The fraction of sp³-hybridized carbons (Fsp3) is 0. The van der Waals surface area contributed by atoms with Gasteiger partial charge in [-0.1, -0.05) is 231 Å². The lowest BCUT2D eigenvalue weighted by Gasteiger charge is -2.33. The van der Waals surface area contributed by atoms with Crippen LogP contribution in [0.3, 0.4) is 0 Å². The highest BCUT2D eigenvalue weighted by atomic mass is 15.1. The quantitative estimate of drug-likeness (QED) is 0.134. The van der Waals surface area contributed by atoms with Crippen LogP contribution >= 0.6 is 0 Å². The van der Waals surface area contributed by atoms with Crippen LogP contribution in [-0.2, 0) is 0 Å². The van der Waals surface area contributed by atoms with Crippen LogP contribution in [0.2, 0.25) is 0 Å². The van der Waals surface area contributed by atoms with Crippen LogP contribution in [0, 0.1) is 0 Å². The smallest absolute Gasteiger partial charge is 0.0630 e. The molecule has 0 spiro atoms. The molecule has 0 fully saturated rings. The summed E-state index contributed by atoms with van der Waals surface area (Å²) in [6.45, 7) is 0. The molecule has 61 heavy (non-hydrogen) atoms. The van der Waals surface area contributed by atoms with Crippen molar-refractivity contribution in [2.45, 2.75) is 0 Å². The van der Waals surface area contributed by atoms with E-state index in [0.29, 0.717) is 0 Å². The number of anilines is 3. The molecule has 10 aromatic rings. The SMILES string of the molecule is c1ccc(-c2ccccc2-c2ccccc2-c2ccc(N(c3ccccc3)c3c(-c4ccccc4)c(-c4ccccc4)cc(-c4ccccc4)c3-c3ccccc3)cc2)cc1. The molecular formula is C60H43N. The standard InChI is InChI=1S/C60H43N/c1-7-23-44(24-8-1)52-35-19-21-37-54(52)55-38-22-20-36-53(55)47-39-41-51(42-40-47)61(50-33-17-6-18-34-50)60-58(48-29-13-4-14-30-48)56(45-25-9-2-10-26-45)43-57(46-27-11-3-12-28-46)59(60)49-31-15-5-16-32-49/h1-43H. The first kappa shape index (κ1) is 37.3. The van der Waals surface area contributed by atoms with Crippen molar-refractivity contribution in [1.29, 1.82) is 0 Å². The van der Waals surface area contributed by atoms with E-state index >= 15 is 0 Å². The average molecular weight is 778 g/mol. The van der Waals surface area contributed by atoms with E-state index in [-0.39, 0.29) is 0 Å². The van der Waals surface area contributed by atoms with Gasteiger partial charge in [-0.05, 0) is 97.1 Å². The Balaban J connectivity index is 1.25. The predicted octanol–water partition coefficient (Wildman–Crippen LogP) is 16.8. The van der Waals surface area contributed by atoms with Crippen molar-refractivity contribution < 1.29 is 0 Å². The van der Waals surface area contributed by atoms with Gasteiger partial charge in [-0.2, -0.15) is 0 Å². The van der Waals surface area contributed by atoms with Gasteiger partial charge in [0, 0.05) is 22.5 Å². The van der Waals surface area contributed by atoms with Crippen LogP contribution in [0.5, 0.6) is 0 Å². The fourth-order valence-corrected chi connectivity index (χ4v) is 8.71. The molecule has 10 aromatic carbocycles. The minimum absolute atomic E-state index is 1.07. The summed E-state index contributed by atoms with van der Waals surface area (Å²) in [4.78, 5) is 2.48. The van der Waals surface area contributed by atoms with Crippen LogP contribution in [0.4, 0.5) is 17.1 Å². The van der Waals surface area contributed by atoms with Crippen LogP contribution in [0.15, 0.2) is 261 Å². The lowest BCUT2D eigenvalue weighted by Crippen LogP contribution is -2.14. The van der Waals surface area contributed by atoms with Crippen molar-refractivity contribution in [3.63, 3.8) is 0 Å². The Kier molecular flexibility index (Phi) is 10.4. The summed E-state index contributed by atoms with van der Waals surface area (Å²) in [6, 6.07) is 94.1. The van der Waals surface area contributed by atoms with E-state index in [1.807, 2.05) is 0 Å². The average Bonchev–Trinajstić information content (AvgIpc) is 3.35. The molecule has 0 saturated carbocycles. The van der Waals surface area contributed by atoms with Gasteiger partial charge in [-0.3, -0.25) is 0 Å². The van der Waals surface area contributed by atoms with Crippen LogP contribution in [-0.4, -0.2) is 0 Å². The number of hydrogen-bond donors (Lipinski definition) is 0. The van der Waals surface area contributed by atoms with Crippen molar-refractivity contribution in [2.24, 2.45) is 0 Å². The van der Waals surface area contributed by atoms with Crippen molar-refractivity contribution in [3.8, 4) is 77.9 Å². The van der Waals surface area contributed by atoms with E-state index in [2.05, 4.69) is 266 Å². The molecule has 1 heteroatoms. The molecule has 1 nitrogen and oxygen atoms in total. The van der Waals surface area contributed by atoms with Gasteiger partial charge in [0.15, 0.2) is 0 Å². The summed E-state index contributed by atoms with van der Waals surface area (Å²) in [5, 5.41) is 0. The molecule has 0 N–H and O–H groups in total. The zero-order valence-electron chi connectivity index (χ0n) is 33.8. The largest absolute Gasteiger partial charge is 0.309 e. The molecule has 0 atom stereocenters. The highest BCUT2D eigenvalue weighted by Gasteiger charge is 2.28. The first-order valence-corrected chi connectivity index (χ1v) is 20.9. The van der Waals surface area contributed by atoms with Crippen LogP contribution < -0.4 is 4.90 Å². The number of para-hydroxylation sites is 1. The lowest BCUT2D eigenvalue weighted by atomic mass is 9.83. The summed E-state index contributed by atoms with van der Waals surface area (Å²) < 4.78 is 0. The maximum absolute atomic E-state index is 2.48. The van der Waals surface area contributed by atoms with Gasteiger partial charge in [-0.25, -0.2) is 0 Å². The number of nitrogens with zero attached hydrogens (tertiary/aromatic N) is 1. The van der Waals surface area contributed by atoms with E-state index in [1.54, 1.807) is 0 Å². The lowest BCUT2D eigenvalue weighted by molar-refractivity contribution is 1.28. The normalized spacial score (nSPS) is 11.0. The Morgan fingerprint density at radius 2 is 0.475 bits per heavy atom. The molecule has 0 aliphatic heterocycles. The monoisotopic (exact) mass is 777 g/mol. The summed E-state index contributed by atoms with van der Waals surface area (Å²) in [7, 11) is 0. The van der Waals surface area contributed by atoms with Crippen molar-refractivity contribution in [1.82, 2.24) is 0 Å². The molecule has 0 radical (unpaired) electrons. The Morgan fingerprint density at radius 3 is 0.869 bits per heavy atom. The highest BCUT2D eigenvalue weighted by molar-refractivity contribution is 6.09. The third kappa shape index (κ3) is 7.46. The minimum atomic E-state index is 1.07. The third-order valence-electron chi connectivity index (χ3n) is 11.5. The predicted molar refractivity (Wildman–Crippen MR) is 259 cm³/mol. The number of benzene rings is 10. The molecule has 0 aromatic heterocycles. The molecular weight excluding hydrogens is 735 g/mol. The van der Waals surface area contributed by atoms with Gasteiger partial charge in [0.2, 0.25) is 0 Å². The second-order valence-corrected chi connectivity index (χ2v) is 15.2. The molecule has 0 amide bonds. The van der Waals surface area contributed by atoms with Gasteiger partial charge in [0.05, 0.1) is 5.69 Å². The molecule has 0 unspecified atom stereocenters. The minimum Gasteiger partial charge on any atom is -0.309 e. The van der Waals surface area contributed by atoms with Gasteiger partial charge < -0.3 is 4.90 Å². The van der Waals surface area contributed by atoms with Gasteiger partial charge in [-0.15, -0.1) is 0 Å². The zero-order valence-corrected chi connectivity index (χ0v) is 33.8. The highest BCUT2D eigenvalue weighted by Crippen LogP contribution is 2.54. The van der Waals surface area contributed by atoms with E-state index in [9.17, 15) is 0 Å². The van der Waals surface area contributed by atoms with Crippen LogP contribution in [0.1, 0.15) is 0 Å². The fourth-order valence-electron chi connectivity index (χ4n) is 8.71. The molecule has 0 bridgehead atoms. The van der Waals surface area contributed by atoms with Crippen molar-refractivity contribution in [2.75, 3.05) is 4.90 Å². The summed E-state index contributed by atoms with van der Waals surface area (Å²) in [5.41, 5.74) is 19.8. The Labute approximate surface area is 359 Å². The van der Waals surface area contributed by atoms with E-state index in [0.717, 1.165) is 44.9 Å². The summed E-state index contributed by atoms with van der Waals surface area (Å²) in [5.74, 6) is 0. The Morgan fingerprint density at radius 1 is 0.197 bits per heavy atom. The van der Waals surface area contributed by atoms with Gasteiger partial charge >= 0.3 is 0 Å². The summed E-state index contributed by atoms with van der Waals surface area (Å²) >= 11 is 0. The first-order chi connectivity index (χ1) is 30.3. The summed E-state index contributed by atoms with van der Waals surface area (Å²) in [6.07, 6.45) is 0. The Hall–Kier alpha value is -8.00. The number of hydrogen-bond acceptors (Lipinski definition) is 1. The second-order valence-electron chi connectivity index (χ2n) is 15.2. The molecule has 0 aliphatic carbocycles. The molecule has 288 valence electrons. The number of rotatable bonds is 10. The van der Waals surface area contributed by atoms with Crippen molar-refractivity contribution in [3.05, 3.63) is 261 Å². The molecule has 0 saturated heterocycles. The maximum atomic E-state index is 2.48. The Bertz CT molecular complexity index is 2910.